The van der Waals surface area contributed by atoms with Crippen LogP contribution in [0.2, 0.25) is 0 Å². The van der Waals surface area contributed by atoms with Crippen molar-refractivity contribution >= 4 is 27.3 Å². The van der Waals surface area contributed by atoms with E-state index in [1.807, 2.05) is 23.6 Å². The Balaban J connectivity index is 2.14. The van der Waals surface area contributed by atoms with Gasteiger partial charge in [0.25, 0.3) is 0 Å². The second-order valence-electron chi connectivity index (χ2n) is 3.57. The molecule has 0 aliphatic rings. The van der Waals surface area contributed by atoms with E-state index in [0.29, 0.717) is 12.4 Å². The van der Waals surface area contributed by atoms with Crippen LogP contribution in [0.15, 0.2) is 34.2 Å². The molecule has 0 saturated heterocycles. The summed E-state index contributed by atoms with van der Waals surface area (Å²) in [6, 6.07) is 5.60. The van der Waals surface area contributed by atoms with Gasteiger partial charge in [-0.15, -0.1) is 11.3 Å². The van der Waals surface area contributed by atoms with Crippen LogP contribution in [-0.2, 0) is 6.61 Å². The number of nitrogens with zero attached hydrogens (tertiary/aromatic N) is 1. The summed E-state index contributed by atoms with van der Waals surface area (Å²) in [4.78, 5) is 4.15. The van der Waals surface area contributed by atoms with Gasteiger partial charge in [0.05, 0.1) is 6.10 Å². The lowest BCUT2D eigenvalue weighted by Crippen LogP contribution is -2.00. The average molecular weight is 314 g/mol. The molecule has 0 radical (unpaired) electrons. The van der Waals surface area contributed by atoms with Crippen molar-refractivity contribution in [1.82, 2.24) is 4.98 Å². The van der Waals surface area contributed by atoms with Crippen LogP contribution in [0.4, 0.5) is 0 Å². The molecule has 17 heavy (non-hydrogen) atoms. The van der Waals surface area contributed by atoms with E-state index in [9.17, 15) is 5.11 Å². The van der Waals surface area contributed by atoms with Crippen molar-refractivity contribution in [3.63, 3.8) is 0 Å². The predicted molar refractivity (Wildman–Crippen MR) is 71.2 cm³/mol. The molecular formula is C12H12BrNO2S. The Morgan fingerprint density at radius 2 is 2.35 bits per heavy atom. The van der Waals surface area contributed by atoms with Crippen LogP contribution >= 0.6 is 27.3 Å². The summed E-state index contributed by atoms with van der Waals surface area (Å²) in [5.74, 6) is 0.693. The molecule has 0 aliphatic carbocycles. The van der Waals surface area contributed by atoms with Gasteiger partial charge in [0.15, 0.2) is 0 Å². The van der Waals surface area contributed by atoms with Crippen LogP contribution in [0.1, 0.15) is 23.6 Å². The van der Waals surface area contributed by atoms with Crippen molar-refractivity contribution in [2.45, 2.75) is 19.6 Å². The fourth-order valence-corrected chi connectivity index (χ4v) is 2.35. The SMILES string of the molecule is C[C@H](O)c1cc(Br)ccc1OCc1nccs1. The smallest absolute Gasteiger partial charge is 0.140 e. The van der Waals surface area contributed by atoms with Gasteiger partial charge in [0.1, 0.15) is 17.4 Å². The second kappa shape index (κ2) is 5.62. The van der Waals surface area contributed by atoms with Gasteiger partial charge in [0.2, 0.25) is 0 Å². The van der Waals surface area contributed by atoms with Crippen LogP contribution in [0, 0.1) is 0 Å². The average Bonchev–Trinajstić information content (AvgIpc) is 2.80. The molecule has 0 spiro atoms. The van der Waals surface area contributed by atoms with E-state index < -0.39 is 6.10 Å². The van der Waals surface area contributed by atoms with Crippen LogP contribution < -0.4 is 4.74 Å². The van der Waals surface area contributed by atoms with Gasteiger partial charge in [0, 0.05) is 21.6 Å². The number of aromatic nitrogens is 1. The highest BCUT2D eigenvalue weighted by Crippen LogP contribution is 2.29. The van der Waals surface area contributed by atoms with Gasteiger partial charge in [-0.2, -0.15) is 0 Å². The number of benzene rings is 1. The molecule has 0 saturated carbocycles. The molecule has 0 aliphatic heterocycles. The first-order valence-electron chi connectivity index (χ1n) is 5.15. The Morgan fingerprint density at radius 1 is 1.53 bits per heavy atom. The summed E-state index contributed by atoms with van der Waals surface area (Å²) in [5.41, 5.74) is 0.774. The van der Waals surface area contributed by atoms with Crippen molar-refractivity contribution in [3.05, 3.63) is 44.8 Å². The Morgan fingerprint density at radius 3 is 3.00 bits per heavy atom. The molecule has 1 heterocycles. The predicted octanol–water partition coefficient (Wildman–Crippen LogP) is 3.54. The van der Waals surface area contributed by atoms with E-state index in [1.165, 1.54) is 0 Å². The van der Waals surface area contributed by atoms with E-state index >= 15 is 0 Å². The third-order valence-corrected chi connectivity index (χ3v) is 3.50. The highest BCUT2D eigenvalue weighted by Gasteiger charge is 2.10. The topological polar surface area (TPSA) is 42.4 Å². The van der Waals surface area contributed by atoms with E-state index in [2.05, 4.69) is 20.9 Å². The zero-order valence-electron chi connectivity index (χ0n) is 9.26. The molecule has 5 heteroatoms. The first-order chi connectivity index (χ1) is 8.16. The number of ether oxygens (including phenoxy) is 1. The van der Waals surface area contributed by atoms with Gasteiger partial charge in [-0.05, 0) is 25.1 Å². The Bertz CT molecular complexity index is 485. The van der Waals surface area contributed by atoms with E-state index in [1.54, 1.807) is 24.5 Å². The quantitative estimate of drug-likeness (QED) is 0.938. The van der Waals surface area contributed by atoms with Crippen molar-refractivity contribution < 1.29 is 9.84 Å². The van der Waals surface area contributed by atoms with Crippen LogP contribution in [0.25, 0.3) is 0 Å². The van der Waals surface area contributed by atoms with Gasteiger partial charge in [-0.1, -0.05) is 15.9 Å². The summed E-state index contributed by atoms with van der Waals surface area (Å²) in [7, 11) is 0. The van der Waals surface area contributed by atoms with Gasteiger partial charge < -0.3 is 9.84 Å². The molecule has 3 nitrogen and oxygen atoms in total. The minimum atomic E-state index is -0.557. The van der Waals surface area contributed by atoms with Crippen LogP contribution in [-0.4, -0.2) is 10.1 Å². The van der Waals surface area contributed by atoms with Crippen molar-refractivity contribution in [2.75, 3.05) is 0 Å². The number of rotatable bonds is 4. The zero-order chi connectivity index (χ0) is 12.3. The number of hydrogen-bond donors (Lipinski definition) is 1. The Hall–Kier alpha value is -0.910. The lowest BCUT2D eigenvalue weighted by Gasteiger charge is -2.13. The van der Waals surface area contributed by atoms with Crippen molar-refractivity contribution in [2.24, 2.45) is 0 Å². The molecular weight excluding hydrogens is 302 g/mol. The largest absolute Gasteiger partial charge is 0.486 e. The molecule has 1 atom stereocenters. The van der Waals surface area contributed by atoms with E-state index in [-0.39, 0.29) is 0 Å². The van der Waals surface area contributed by atoms with Crippen molar-refractivity contribution in [1.29, 1.82) is 0 Å². The third-order valence-electron chi connectivity index (χ3n) is 2.26. The molecule has 1 aromatic carbocycles. The highest BCUT2D eigenvalue weighted by molar-refractivity contribution is 9.10. The normalized spacial score (nSPS) is 12.4. The molecule has 2 aromatic rings. The minimum Gasteiger partial charge on any atom is -0.486 e. The maximum atomic E-state index is 9.67. The van der Waals surface area contributed by atoms with Crippen LogP contribution in [0.5, 0.6) is 5.75 Å². The van der Waals surface area contributed by atoms with Gasteiger partial charge in [-0.3, -0.25) is 0 Å². The molecule has 2 rings (SSSR count). The fraction of sp³-hybridized carbons (Fsp3) is 0.250. The lowest BCUT2D eigenvalue weighted by molar-refractivity contribution is 0.190. The fourth-order valence-electron chi connectivity index (χ4n) is 1.44. The number of aliphatic hydroxyl groups is 1. The summed E-state index contributed by atoms with van der Waals surface area (Å²) in [6.45, 7) is 2.15. The minimum absolute atomic E-state index is 0.430. The monoisotopic (exact) mass is 313 g/mol. The molecule has 0 amide bonds. The molecule has 90 valence electrons. The van der Waals surface area contributed by atoms with Crippen LogP contribution in [0.3, 0.4) is 0 Å². The van der Waals surface area contributed by atoms with E-state index in [4.69, 9.17) is 4.74 Å². The van der Waals surface area contributed by atoms with Gasteiger partial charge >= 0.3 is 0 Å². The summed E-state index contributed by atoms with van der Waals surface area (Å²) < 4.78 is 6.59. The standard InChI is InChI=1S/C12H12BrNO2S/c1-8(15)10-6-9(13)2-3-11(10)16-7-12-14-4-5-17-12/h2-6,8,15H,7H2,1H3/t8-/m0/s1. The summed E-state index contributed by atoms with van der Waals surface area (Å²) >= 11 is 4.93. The molecule has 0 unspecified atom stereocenters. The highest BCUT2D eigenvalue weighted by atomic mass is 79.9. The Labute approximate surface area is 112 Å². The lowest BCUT2D eigenvalue weighted by atomic mass is 10.1. The third kappa shape index (κ3) is 3.28. The first kappa shape index (κ1) is 12.5. The molecule has 1 N–H and O–H groups in total. The molecule has 0 fully saturated rings. The number of halogens is 1. The maximum absolute atomic E-state index is 9.67. The van der Waals surface area contributed by atoms with Gasteiger partial charge in [-0.25, -0.2) is 4.98 Å². The van der Waals surface area contributed by atoms with Crippen molar-refractivity contribution in [3.8, 4) is 5.75 Å². The first-order valence-corrected chi connectivity index (χ1v) is 6.83. The maximum Gasteiger partial charge on any atom is 0.140 e. The number of aliphatic hydroxyl groups excluding tert-OH is 1. The number of hydrogen-bond acceptors (Lipinski definition) is 4. The summed E-state index contributed by atoms with van der Waals surface area (Å²) in [5, 5.41) is 12.5. The number of thiazole rings is 1. The summed E-state index contributed by atoms with van der Waals surface area (Å²) in [6.07, 6.45) is 1.19. The molecule has 1 aromatic heterocycles. The van der Waals surface area contributed by atoms with E-state index in [0.717, 1.165) is 15.0 Å². The Kier molecular flexibility index (Phi) is 4.15. The zero-order valence-corrected chi connectivity index (χ0v) is 11.7. The molecule has 0 bridgehead atoms. The second-order valence-corrected chi connectivity index (χ2v) is 5.47.